The van der Waals surface area contributed by atoms with Crippen LogP contribution in [0.4, 0.5) is 5.69 Å². The van der Waals surface area contributed by atoms with Crippen LogP contribution < -0.4 is 35.7 Å². The van der Waals surface area contributed by atoms with E-state index in [-0.39, 0.29) is 17.4 Å². The van der Waals surface area contributed by atoms with E-state index < -0.39 is 5.91 Å². The van der Waals surface area contributed by atoms with Crippen LogP contribution in [0.25, 0.3) is 0 Å². The molecule has 0 saturated carbocycles. The first-order chi connectivity index (χ1) is 21.3. The monoisotopic (exact) mass is 604 g/mol. The molecule has 1 saturated heterocycles. The SMILES string of the molecule is COc1ccc(CN2CCN(CCCOc3ccc(C(=O)N=C(N)N)cc3NC(=O)c3ccccc3)CC2)c(OC)c1OC. The summed E-state index contributed by atoms with van der Waals surface area (Å²) < 4.78 is 22.6. The predicted molar refractivity (Wildman–Crippen MR) is 169 cm³/mol. The van der Waals surface area contributed by atoms with Gasteiger partial charge >= 0.3 is 0 Å². The molecule has 1 aliphatic heterocycles. The molecule has 0 spiro atoms. The number of hydrogen-bond donors (Lipinski definition) is 3. The van der Waals surface area contributed by atoms with Crippen molar-refractivity contribution in [3.63, 3.8) is 0 Å². The van der Waals surface area contributed by atoms with Crippen LogP contribution in [0.3, 0.4) is 0 Å². The molecule has 0 aromatic heterocycles. The zero-order chi connectivity index (χ0) is 31.5. The summed E-state index contributed by atoms with van der Waals surface area (Å²) in [6.45, 7) is 5.72. The lowest BCUT2D eigenvalue weighted by Crippen LogP contribution is -2.46. The van der Waals surface area contributed by atoms with Crippen molar-refractivity contribution in [1.29, 1.82) is 0 Å². The number of carbonyl (C=O) groups is 2. The fourth-order valence-corrected chi connectivity index (χ4v) is 5.02. The van der Waals surface area contributed by atoms with E-state index in [4.69, 9.17) is 30.4 Å². The number of methoxy groups -OCH3 is 3. The Hall–Kier alpha value is -4.81. The molecule has 44 heavy (non-hydrogen) atoms. The second-order valence-electron chi connectivity index (χ2n) is 10.2. The number of nitrogens with zero attached hydrogens (tertiary/aromatic N) is 3. The Labute approximate surface area is 257 Å². The summed E-state index contributed by atoms with van der Waals surface area (Å²) >= 11 is 0. The van der Waals surface area contributed by atoms with Gasteiger partial charge in [0.15, 0.2) is 17.5 Å². The molecule has 1 fully saturated rings. The minimum absolute atomic E-state index is 0.220. The average Bonchev–Trinajstić information content (AvgIpc) is 3.04. The molecule has 0 bridgehead atoms. The fraction of sp³-hybridized carbons (Fsp3) is 0.344. The second kappa shape index (κ2) is 15.6. The third-order valence-corrected chi connectivity index (χ3v) is 7.26. The molecule has 2 amide bonds. The van der Waals surface area contributed by atoms with Crippen molar-refractivity contribution in [2.45, 2.75) is 13.0 Å². The van der Waals surface area contributed by atoms with Gasteiger partial charge in [-0.3, -0.25) is 14.5 Å². The molecule has 0 atom stereocenters. The highest BCUT2D eigenvalue weighted by molar-refractivity contribution is 6.07. The summed E-state index contributed by atoms with van der Waals surface area (Å²) in [5, 5.41) is 2.85. The molecule has 3 aromatic carbocycles. The van der Waals surface area contributed by atoms with Crippen molar-refractivity contribution >= 4 is 23.5 Å². The molecule has 0 aliphatic carbocycles. The Morgan fingerprint density at radius 3 is 2.16 bits per heavy atom. The molecule has 0 radical (unpaired) electrons. The van der Waals surface area contributed by atoms with Crippen molar-refractivity contribution in [3.05, 3.63) is 77.4 Å². The molecule has 4 rings (SSSR count). The van der Waals surface area contributed by atoms with E-state index >= 15 is 0 Å². The second-order valence-corrected chi connectivity index (χ2v) is 10.2. The average molecular weight is 605 g/mol. The van der Waals surface area contributed by atoms with Crippen LogP contribution in [-0.2, 0) is 6.54 Å². The maximum Gasteiger partial charge on any atom is 0.280 e. The molecular weight excluding hydrogens is 564 g/mol. The van der Waals surface area contributed by atoms with Crippen molar-refractivity contribution in [2.24, 2.45) is 16.5 Å². The van der Waals surface area contributed by atoms with E-state index in [1.165, 1.54) is 6.07 Å². The highest BCUT2D eigenvalue weighted by Gasteiger charge is 2.21. The highest BCUT2D eigenvalue weighted by Crippen LogP contribution is 2.40. The number of ether oxygens (including phenoxy) is 4. The van der Waals surface area contributed by atoms with Gasteiger partial charge in [0.05, 0.1) is 33.6 Å². The van der Waals surface area contributed by atoms with Crippen molar-refractivity contribution in [1.82, 2.24) is 9.80 Å². The van der Waals surface area contributed by atoms with Crippen LogP contribution in [0.2, 0.25) is 0 Å². The Kier molecular flexibility index (Phi) is 11.4. The number of nitrogens with two attached hydrogens (primary N) is 2. The van der Waals surface area contributed by atoms with E-state index in [0.717, 1.165) is 51.3 Å². The summed E-state index contributed by atoms with van der Waals surface area (Å²) in [5.41, 5.74) is 12.8. The number of rotatable bonds is 13. The molecule has 3 aromatic rings. The van der Waals surface area contributed by atoms with Gasteiger partial charge in [-0.2, -0.15) is 4.99 Å². The Morgan fingerprint density at radius 1 is 0.818 bits per heavy atom. The van der Waals surface area contributed by atoms with Crippen LogP contribution in [-0.4, -0.2) is 88.2 Å². The predicted octanol–water partition coefficient (Wildman–Crippen LogP) is 2.97. The van der Waals surface area contributed by atoms with Gasteiger partial charge < -0.3 is 40.6 Å². The van der Waals surface area contributed by atoms with Crippen LogP contribution >= 0.6 is 0 Å². The van der Waals surface area contributed by atoms with Gasteiger partial charge in [0.2, 0.25) is 5.75 Å². The molecule has 12 heteroatoms. The summed E-state index contributed by atoms with van der Waals surface area (Å²) in [5.74, 6) is 1.10. The number of carbonyl (C=O) groups excluding carboxylic acids is 2. The molecular formula is C32H40N6O6. The lowest BCUT2D eigenvalue weighted by Gasteiger charge is -2.35. The molecule has 1 heterocycles. The number of hydrogen-bond acceptors (Lipinski definition) is 8. The van der Waals surface area contributed by atoms with Gasteiger partial charge in [-0.05, 0) is 42.8 Å². The Morgan fingerprint density at radius 2 is 1.50 bits per heavy atom. The number of guanidine groups is 1. The number of piperazine rings is 1. The quantitative estimate of drug-likeness (QED) is 0.151. The van der Waals surface area contributed by atoms with Crippen LogP contribution in [0.15, 0.2) is 65.7 Å². The maximum atomic E-state index is 12.9. The molecule has 1 aliphatic rings. The van der Waals surface area contributed by atoms with Gasteiger partial charge in [-0.1, -0.05) is 24.3 Å². The maximum absolute atomic E-state index is 12.9. The third-order valence-electron chi connectivity index (χ3n) is 7.26. The summed E-state index contributed by atoms with van der Waals surface area (Å²) in [6.07, 6.45) is 0.782. The zero-order valence-electron chi connectivity index (χ0n) is 25.4. The zero-order valence-corrected chi connectivity index (χ0v) is 25.4. The van der Waals surface area contributed by atoms with E-state index in [1.54, 1.807) is 57.7 Å². The Bertz CT molecular complexity index is 1450. The van der Waals surface area contributed by atoms with Gasteiger partial charge in [0, 0.05) is 56.0 Å². The van der Waals surface area contributed by atoms with E-state index in [0.29, 0.717) is 40.9 Å². The van der Waals surface area contributed by atoms with Gasteiger partial charge in [-0.15, -0.1) is 0 Å². The summed E-state index contributed by atoms with van der Waals surface area (Å²) in [7, 11) is 4.86. The van der Waals surface area contributed by atoms with Crippen molar-refractivity contribution in [2.75, 3.05) is 66.0 Å². The first-order valence-corrected chi connectivity index (χ1v) is 14.3. The van der Waals surface area contributed by atoms with Crippen molar-refractivity contribution in [3.8, 4) is 23.0 Å². The topological polar surface area (TPSA) is 154 Å². The molecule has 12 nitrogen and oxygen atoms in total. The molecule has 234 valence electrons. The minimum Gasteiger partial charge on any atom is -0.493 e. The van der Waals surface area contributed by atoms with Crippen molar-refractivity contribution < 1.29 is 28.5 Å². The van der Waals surface area contributed by atoms with E-state index in [1.807, 2.05) is 18.2 Å². The Balaban J connectivity index is 1.31. The van der Waals surface area contributed by atoms with Crippen LogP contribution in [0.5, 0.6) is 23.0 Å². The summed E-state index contributed by atoms with van der Waals surface area (Å²) in [6, 6.07) is 17.4. The lowest BCUT2D eigenvalue weighted by molar-refractivity contribution is 0.0998. The standard InChI is InChI=1S/C32H40N6O6/c1-41-27-13-11-24(28(42-2)29(27)43-3)21-38-17-15-37(16-18-38)14-7-19-44-26-12-10-23(31(40)36-32(33)34)20-25(26)35-30(39)22-8-5-4-6-9-22/h4-6,8-13,20H,7,14-19,21H2,1-3H3,(H,35,39)(H4,33,34,36,40). The van der Waals surface area contributed by atoms with E-state index in [2.05, 4.69) is 20.1 Å². The van der Waals surface area contributed by atoms with E-state index in [9.17, 15) is 9.59 Å². The number of benzene rings is 3. The number of aliphatic imine (C=N–C) groups is 1. The fourth-order valence-electron chi connectivity index (χ4n) is 5.02. The minimum atomic E-state index is -0.615. The number of anilines is 1. The first kappa shape index (κ1) is 32.1. The highest BCUT2D eigenvalue weighted by atomic mass is 16.5. The number of amides is 2. The normalized spacial score (nSPS) is 13.5. The van der Waals surface area contributed by atoms with Crippen LogP contribution in [0, 0.1) is 0 Å². The smallest absolute Gasteiger partial charge is 0.280 e. The summed E-state index contributed by atoms with van der Waals surface area (Å²) in [4.78, 5) is 33.6. The largest absolute Gasteiger partial charge is 0.493 e. The van der Waals surface area contributed by atoms with Gasteiger partial charge in [0.25, 0.3) is 11.8 Å². The first-order valence-electron chi connectivity index (χ1n) is 14.3. The number of nitrogens with one attached hydrogen (secondary N) is 1. The molecule has 0 unspecified atom stereocenters. The lowest BCUT2D eigenvalue weighted by atomic mass is 10.1. The van der Waals surface area contributed by atoms with Gasteiger partial charge in [-0.25, -0.2) is 0 Å². The molecule has 5 N–H and O–H groups in total. The van der Waals surface area contributed by atoms with Crippen LogP contribution in [0.1, 0.15) is 32.7 Å². The third kappa shape index (κ3) is 8.39. The van der Waals surface area contributed by atoms with Gasteiger partial charge in [0.1, 0.15) is 5.75 Å².